The van der Waals surface area contributed by atoms with E-state index >= 15 is 4.39 Å². The predicted molar refractivity (Wildman–Crippen MR) is 130 cm³/mol. The highest BCUT2D eigenvalue weighted by Gasteiger charge is 2.37. The van der Waals surface area contributed by atoms with Gasteiger partial charge in [0.25, 0.3) is 5.69 Å². The zero-order valence-electron chi connectivity index (χ0n) is 20.7. The third kappa shape index (κ3) is 5.60. The van der Waals surface area contributed by atoms with Crippen molar-refractivity contribution in [2.24, 2.45) is 0 Å². The fraction of sp³-hybridized carbons (Fsp3) is 0.320. The molecule has 1 aromatic heterocycles. The Morgan fingerprint density at radius 3 is 2.11 bits per heavy atom. The monoisotopic (exact) mass is 496 g/mol. The Bertz CT molecular complexity index is 1380. The first-order valence-corrected chi connectivity index (χ1v) is 10.9. The van der Waals surface area contributed by atoms with Crippen LogP contribution < -0.4 is 4.90 Å². The van der Waals surface area contributed by atoms with Crippen molar-refractivity contribution in [3.63, 3.8) is 0 Å². The maximum Gasteiger partial charge on any atom is 0.424 e. The molecule has 3 aromatic rings. The number of anilines is 1. The fourth-order valence-corrected chi connectivity index (χ4v) is 3.36. The highest BCUT2D eigenvalue weighted by molar-refractivity contribution is 6.11. The molecule has 0 aliphatic heterocycles. The summed E-state index contributed by atoms with van der Waals surface area (Å²) in [6.07, 6.45) is -0.952. The number of nitrogens with zero attached hydrogens (tertiary/aromatic N) is 4. The molecule has 0 bridgehead atoms. The van der Waals surface area contributed by atoms with Crippen LogP contribution >= 0.6 is 0 Å². The summed E-state index contributed by atoms with van der Waals surface area (Å²) in [7, 11) is 0. The van der Waals surface area contributed by atoms with E-state index in [1.54, 1.807) is 59.7 Å². The predicted octanol–water partition coefficient (Wildman–Crippen LogP) is 6.23. The summed E-state index contributed by atoms with van der Waals surface area (Å²) in [5.74, 6) is -0.972. The van der Waals surface area contributed by atoms with Crippen molar-refractivity contribution in [1.82, 2.24) is 4.57 Å². The SMILES string of the molecule is CC(C)(C)OC(=O)N(C(=O)OC(C)(C)C)c1cc(-n2ccc3cc(C#N)ccc32)c(F)cc1[N+](=O)[O-]. The van der Waals surface area contributed by atoms with Gasteiger partial charge in [0.1, 0.15) is 16.9 Å². The number of benzene rings is 2. The molecule has 0 saturated carbocycles. The van der Waals surface area contributed by atoms with Gasteiger partial charge in [-0.15, -0.1) is 0 Å². The van der Waals surface area contributed by atoms with E-state index < -0.39 is 45.5 Å². The zero-order chi connectivity index (χ0) is 27.0. The van der Waals surface area contributed by atoms with Gasteiger partial charge in [0.15, 0.2) is 5.82 Å². The summed E-state index contributed by atoms with van der Waals surface area (Å²) >= 11 is 0. The third-order valence-electron chi connectivity index (χ3n) is 4.71. The lowest BCUT2D eigenvalue weighted by atomic mass is 10.1. The molecule has 0 aliphatic carbocycles. The molecule has 0 N–H and O–H groups in total. The maximum absolute atomic E-state index is 15.2. The number of hydrogen-bond donors (Lipinski definition) is 0. The smallest absolute Gasteiger partial charge is 0.424 e. The quantitative estimate of drug-likeness (QED) is 0.311. The van der Waals surface area contributed by atoms with Crippen LogP contribution in [0.2, 0.25) is 0 Å². The molecule has 11 heteroatoms. The lowest BCUT2D eigenvalue weighted by molar-refractivity contribution is -0.384. The first-order valence-electron chi connectivity index (χ1n) is 10.9. The van der Waals surface area contributed by atoms with Gasteiger partial charge in [-0.05, 0) is 71.9 Å². The second-order valence-corrected chi connectivity index (χ2v) is 9.92. The van der Waals surface area contributed by atoms with Crippen molar-refractivity contribution in [3.05, 3.63) is 64.1 Å². The molecule has 0 saturated heterocycles. The summed E-state index contributed by atoms with van der Waals surface area (Å²) in [6, 6.07) is 10.0. The average molecular weight is 496 g/mol. The molecule has 10 nitrogen and oxygen atoms in total. The van der Waals surface area contributed by atoms with Gasteiger partial charge >= 0.3 is 12.2 Å². The first-order chi connectivity index (χ1) is 16.6. The molecule has 2 amide bonds. The van der Waals surface area contributed by atoms with E-state index in [-0.39, 0.29) is 5.69 Å². The number of ether oxygens (including phenoxy) is 2. The number of hydrogen-bond acceptors (Lipinski definition) is 7. The van der Waals surface area contributed by atoms with E-state index in [9.17, 15) is 19.7 Å². The number of carbonyl (C=O) groups excluding carboxylic acids is 2. The zero-order valence-corrected chi connectivity index (χ0v) is 20.7. The van der Waals surface area contributed by atoms with E-state index in [2.05, 4.69) is 0 Å². The molecule has 0 spiro atoms. The number of fused-ring (bicyclic) bond motifs is 1. The van der Waals surface area contributed by atoms with Gasteiger partial charge in [-0.2, -0.15) is 10.2 Å². The molecule has 0 unspecified atom stereocenters. The number of imide groups is 1. The Labute approximate surface area is 206 Å². The first kappa shape index (κ1) is 26.2. The minimum absolute atomic E-state index is 0.174. The number of nitro benzene ring substituents is 1. The van der Waals surface area contributed by atoms with E-state index in [1.807, 2.05) is 6.07 Å². The second kappa shape index (κ2) is 9.30. The lowest BCUT2D eigenvalue weighted by Gasteiger charge is -2.28. The van der Waals surface area contributed by atoms with Gasteiger partial charge < -0.3 is 14.0 Å². The van der Waals surface area contributed by atoms with Crippen LogP contribution in [0.4, 0.5) is 25.4 Å². The Morgan fingerprint density at radius 2 is 1.61 bits per heavy atom. The van der Waals surface area contributed by atoms with Gasteiger partial charge in [-0.3, -0.25) is 10.1 Å². The highest BCUT2D eigenvalue weighted by atomic mass is 19.1. The lowest BCUT2D eigenvalue weighted by Crippen LogP contribution is -2.44. The van der Waals surface area contributed by atoms with Crippen molar-refractivity contribution < 1.29 is 28.4 Å². The van der Waals surface area contributed by atoms with Gasteiger partial charge in [-0.25, -0.2) is 14.0 Å². The number of rotatable bonds is 3. The van der Waals surface area contributed by atoms with Gasteiger partial charge in [-0.1, -0.05) is 0 Å². The van der Waals surface area contributed by atoms with E-state index in [4.69, 9.17) is 14.7 Å². The Balaban J connectivity index is 2.27. The molecule has 1 heterocycles. The van der Waals surface area contributed by atoms with Crippen molar-refractivity contribution in [2.45, 2.75) is 52.7 Å². The topological polar surface area (TPSA) is 128 Å². The Morgan fingerprint density at radius 1 is 1.03 bits per heavy atom. The maximum atomic E-state index is 15.2. The molecule has 0 aliphatic rings. The number of carbonyl (C=O) groups is 2. The Hall–Kier alpha value is -4.46. The molecule has 0 fully saturated rings. The fourth-order valence-electron chi connectivity index (χ4n) is 3.36. The second-order valence-electron chi connectivity index (χ2n) is 9.92. The summed E-state index contributed by atoms with van der Waals surface area (Å²) in [4.78, 5) is 37.5. The van der Waals surface area contributed by atoms with Crippen LogP contribution in [0.5, 0.6) is 0 Å². The summed E-state index contributed by atoms with van der Waals surface area (Å²) in [5.41, 5.74) is -2.76. The minimum atomic E-state index is -1.23. The normalized spacial score (nSPS) is 11.6. The number of nitro groups is 1. The van der Waals surface area contributed by atoms with E-state index in [1.165, 1.54) is 16.8 Å². The van der Waals surface area contributed by atoms with Crippen LogP contribution in [0, 0.1) is 27.3 Å². The summed E-state index contributed by atoms with van der Waals surface area (Å²) in [5, 5.41) is 21.6. The third-order valence-corrected chi connectivity index (χ3v) is 4.71. The summed E-state index contributed by atoms with van der Waals surface area (Å²) < 4.78 is 27.2. The minimum Gasteiger partial charge on any atom is -0.443 e. The van der Waals surface area contributed by atoms with Crippen molar-refractivity contribution in [1.29, 1.82) is 5.26 Å². The largest absolute Gasteiger partial charge is 0.443 e. The standard InChI is InChI=1S/C25H25FN4O6/c1-24(2,3)35-22(31)29(23(32)36-25(4,5)6)20-13-19(17(26)12-21(20)30(33)34)28-10-9-16-11-15(14-27)7-8-18(16)28/h7-13H,1-6H3. The van der Waals surface area contributed by atoms with Gasteiger partial charge in [0.2, 0.25) is 0 Å². The number of amides is 2. The average Bonchev–Trinajstić information content (AvgIpc) is 3.14. The van der Waals surface area contributed by atoms with E-state index in [0.717, 1.165) is 6.07 Å². The molecule has 2 aromatic carbocycles. The van der Waals surface area contributed by atoms with E-state index in [0.29, 0.717) is 27.4 Å². The number of aromatic nitrogens is 1. The van der Waals surface area contributed by atoms with Crippen LogP contribution in [0.15, 0.2) is 42.6 Å². The molecule has 0 atom stereocenters. The number of nitriles is 1. The van der Waals surface area contributed by atoms with Crippen LogP contribution in [0.25, 0.3) is 16.6 Å². The van der Waals surface area contributed by atoms with Crippen LogP contribution in [0.3, 0.4) is 0 Å². The molecule has 188 valence electrons. The van der Waals surface area contributed by atoms with Crippen molar-refractivity contribution in [3.8, 4) is 11.8 Å². The van der Waals surface area contributed by atoms with Crippen LogP contribution in [-0.4, -0.2) is 32.9 Å². The molecule has 3 rings (SSSR count). The number of halogens is 1. The Kier molecular flexibility index (Phi) is 6.75. The van der Waals surface area contributed by atoms with Crippen LogP contribution in [-0.2, 0) is 9.47 Å². The van der Waals surface area contributed by atoms with Crippen molar-refractivity contribution in [2.75, 3.05) is 4.90 Å². The summed E-state index contributed by atoms with van der Waals surface area (Å²) in [6.45, 7) is 9.36. The molecular weight excluding hydrogens is 471 g/mol. The highest BCUT2D eigenvalue weighted by Crippen LogP contribution is 2.36. The molecule has 36 heavy (non-hydrogen) atoms. The van der Waals surface area contributed by atoms with Crippen molar-refractivity contribution >= 4 is 34.5 Å². The van der Waals surface area contributed by atoms with Crippen LogP contribution in [0.1, 0.15) is 47.1 Å². The van der Waals surface area contributed by atoms with Gasteiger partial charge in [0, 0.05) is 11.6 Å². The van der Waals surface area contributed by atoms with Gasteiger partial charge in [0.05, 0.1) is 33.8 Å². The molecule has 0 radical (unpaired) electrons. The molecular formula is C25H25FN4O6.